The van der Waals surface area contributed by atoms with E-state index in [-0.39, 0.29) is 34.7 Å². The summed E-state index contributed by atoms with van der Waals surface area (Å²) in [4.78, 5) is 27.4. The van der Waals surface area contributed by atoms with Crippen molar-refractivity contribution >= 4 is 33.1 Å². The third-order valence-electron chi connectivity index (χ3n) is 5.22. The fraction of sp³-hybridized carbons (Fsp3) is 0.130. The lowest BCUT2D eigenvalue weighted by molar-refractivity contribution is 0.0655. The number of amides is 1. The lowest BCUT2D eigenvalue weighted by Gasteiger charge is -2.38. The van der Waals surface area contributed by atoms with Crippen LogP contribution >= 0.6 is 11.6 Å². The molecular formula is C23H17ClFNO4S. The summed E-state index contributed by atoms with van der Waals surface area (Å²) in [5.74, 6) is -1.29. The maximum atomic E-state index is 13.2. The Balaban J connectivity index is 1.52. The summed E-state index contributed by atoms with van der Waals surface area (Å²) < 4.78 is 38.7. The van der Waals surface area contributed by atoms with E-state index in [1.807, 2.05) is 0 Å². The molecule has 3 aromatic carbocycles. The number of likely N-dealkylation sites (tertiary alicyclic amines) is 1. The van der Waals surface area contributed by atoms with Gasteiger partial charge >= 0.3 is 0 Å². The summed E-state index contributed by atoms with van der Waals surface area (Å²) >= 11 is 5.82. The Hall–Kier alpha value is -3.03. The average molecular weight is 458 g/mol. The van der Waals surface area contributed by atoms with Crippen LogP contribution in [0.25, 0.3) is 0 Å². The minimum absolute atomic E-state index is 0.0306. The highest BCUT2D eigenvalue weighted by Gasteiger charge is 2.41. The van der Waals surface area contributed by atoms with E-state index in [1.165, 1.54) is 65.6 Å². The maximum absolute atomic E-state index is 13.2. The molecule has 1 saturated heterocycles. The predicted molar refractivity (Wildman–Crippen MR) is 115 cm³/mol. The first-order chi connectivity index (χ1) is 14.8. The molecule has 158 valence electrons. The van der Waals surface area contributed by atoms with Gasteiger partial charge in [0.1, 0.15) is 11.1 Å². The average Bonchev–Trinajstić information content (AvgIpc) is 2.73. The number of carbonyl (C=O) groups excluding carboxylic acids is 2. The van der Waals surface area contributed by atoms with Gasteiger partial charge in [-0.05, 0) is 54.6 Å². The molecule has 1 fully saturated rings. The Bertz CT molecular complexity index is 1250. The van der Waals surface area contributed by atoms with E-state index in [9.17, 15) is 22.4 Å². The molecule has 8 heteroatoms. The molecule has 31 heavy (non-hydrogen) atoms. The van der Waals surface area contributed by atoms with E-state index in [4.69, 9.17) is 11.6 Å². The number of nitrogens with zero attached hydrogens (tertiary/aromatic N) is 1. The van der Waals surface area contributed by atoms with Crippen LogP contribution in [0.15, 0.2) is 77.7 Å². The van der Waals surface area contributed by atoms with Gasteiger partial charge in [0.05, 0.1) is 10.5 Å². The Morgan fingerprint density at radius 1 is 0.871 bits per heavy atom. The predicted octanol–water partition coefficient (Wildman–Crippen LogP) is 4.01. The summed E-state index contributed by atoms with van der Waals surface area (Å²) in [7, 11) is -3.60. The van der Waals surface area contributed by atoms with Gasteiger partial charge in [0, 0.05) is 29.2 Å². The number of hydrogen-bond donors (Lipinski definition) is 0. The van der Waals surface area contributed by atoms with Crippen molar-refractivity contribution in [1.29, 1.82) is 0 Å². The van der Waals surface area contributed by atoms with Crippen LogP contribution in [0.4, 0.5) is 4.39 Å². The molecule has 0 atom stereocenters. The second-order valence-electron chi connectivity index (χ2n) is 7.21. The first-order valence-electron chi connectivity index (χ1n) is 9.45. The van der Waals surface area contributed by atoms with Crippen molar-refractivity contribution in [2.45, 2.75) is 10.1 Å². The topological polar surface area (TPSA) is 71.5 Å². The van der Waals surface area contributed by atoms with Crippen molar-refractivity contribution in [3.05, 3.63) is 100 Å². The minimum atomic E-state index is -3.60. The maximum Gasteiger partial charge on any atom is 0.254 e. The highest BCUT2D eigenvalue weighted by molar-refractivity contribution is 7.92. The van der Waals surface area contributed by atoms with Gasteiger partial charge in [0.25, 0.3) is 5.91 Å². The van der Waals surface area contributed by atoms with Crippen molar-refractivity contribution in [3.63, 3.8) is 0 Å². The highest BCUT2D eigenvalue weighted by atomic mass is 35.5. The van der Waals surface area contributed by atoms with E-state index >= 15 is 0 Å². The van der Waals surface area contributed by atoms with Crippen molar-refractivity contribution in [1.82, 2.24) is 4.90 Å². The standard InChI is InChI=1S/C23H17ClFNO4S/c24-16-7-11-18(12-8-16)31(29,30)19-13-26(14-19)23(28)21-4-2-1-3-20(21)22(27)15-5-9-17(25)10-6-15/h1-12,19H,13-14H2. The normalized spacial score (nSPS) is 14.2. The summed E-state index contributed by atoms with van der Waals surface area (Å²) in [5.41, 5.74) is 0.621. The Morgan fingerprint density at radius 2 is 1.45 bits per heavy atom. The van der Waals surface area contributed by atoms with Gasteiger partial charge in [-0.1, -0.05) is 29.8 Å². The molecule has 0 unspecified atom stereocenters. The molecule has 0 aliphatic carbocycles. The molecule has 4 rings (SSSR count). The van der Waals surface area contributed by atoms with Crippen molar-refractivity contribution in [3.8, 4) is 0 Å². The van der Waals surface area contributed by atoms with Gasteiger partial charge in [-0.3, -0.25) is 9.59 Å². The van der Waals surface area contributed by atoms with E-state index in [1.54, 1.807) is 12.1 Å². The molecular weight excluding hydrogens is 441 g/mol. The SMILES string of the molecule is O=C(c1ccc(F)cc1)c1ccccc1C(=O)N1CC(S(=O)(=O)c2ccc(Cl)cc2)C1. The van der Waals surface area contributed by atoms with Crippen LogP contribution in [-0.4, -0.2) is 43.3 Å². The summed E-state index contributed by atoms with van der Waals surface area (Å²) in [6.45, 7) is 0.0612. The number of hydrogen-bond acceptors (Lipinski definition) is 4. The largest absolute Gasteiger partial charge is 0.336 e. The number of benzene rings is 3. The fourth-order valence-corrected chi connectivity index (χ4v) is 5.19. The molecule has 1 amide bonds. The third-order valence-corrected chi connectivity index (χ3v) is 7.58. The molecule has 0 saturated carbocycles. The fourth-order valence-electron chi connectivity index (χ4n) is 3.41. The molecule has 0 N–H and O–H groups in total. The lowest BCUT2D eigenvalue weighted by atomic mass is 9.97. The van der Waals surface area contributed by atoms with Crippen molar-refractivity contribution in [2.24, 2.45) is 0 Å². The van der Waals surface area contributed by atoms with Crippen LogP contribution in [-0.2, 0) is 9.84 Å². The molecule has 0 bridgehead atoms. The summed E-state index contributed by atoms with van der Waals surface area (Å²) in [6, 6.07) is 17.3. The third kappa shape index (κ3) is 4.11. The quantitative estimate of drug-likeness (QED) is 0.543. The van der Waals surface area contributed by atoms with Gasteiger partial charge in [-0.15, -0.1) is 0 Å². The lowest BCUT2D eigenvalue weighted by Crippen LogP contribution is -2.57. The van der Waals surface area contributed by atoms with Crippen LogP contribution in [0.2, 0.25) is 5.02 Å². The van der Waals surface area contributed by atoms with E-state index in [0.717, 1.165) is 0 Å². The van der Waals surface area contributed by atoms with Crippen molar-refractivity contribution in [2.75, 3.05) is 13.1 Å². The smallest absolute Gasteiger partial charge is 0.254 e. The highest BCUT2D eigenvalue weighted by Crippen LogP contribution is 2.27. The monoisotopic (exact) mass is 457 g/mol. The van der Waals surface area contributed by atoms with Gasteiger partial charge in [-0.2, -0.15) is 0 Å². The zero-order valence-corrected chi connectivity index (χ0v) is 17.7. The first kappa shape index (κ1) is 21.2. The van der Waals surface area contributed by atoms with E-state index < -0.39 is 32.6 Å². The Morgan fingerprint density at radius 3 is 2.06 bits per heavy atom. The van der Waals surface area contributed by atoms with Crippen LogP contribution in [0.5, 0.6) is 0 Å². The summed E-state index contributed by atoms with van der Waals surface area (Å²) in [6.07, 6.45) is 0. The second kappa shape index (κ2) is 8.24. The molecule has 0 spiro atoms. The van der Waals surface area contributed by atoms with Crippen LogP contribution < -0.4 is 0 Å². The number of sulfone groups is 1. The Labute approximate surface area is 184 Å². The molecule has 0 radical (unpaired) electrons. The van der Waals surface area contributed by atoms with Crippen LogP contribution in [0, 0.1) is 5.82 Å². The number of rotatable bonds is 5. The minimum Gasteiger partial charge on any atom is -0.336 e. The molecule has 5 nitrogen and oxygen atoms in total. The number of halogens is 2. The number of ketones is 1. The Kier molecular flexibility index (Phi) is 5.64. The zero-order chi connectivity index (χ0) is 22.2. The van der Waals surface area contributed by atoms with Crippen LogP contribution in [0.3, 0.4) is 0 Å². The van der Waals surface area contributed by atoms with Crippen molar-refractivity contribution < 1.29 is 22.4 Å². The van der Waals surface area contributed by atoms with Gasteiger partial charge < -0.3 is 4.90 Å². The summed E-state index contributed by atoms with van der Waals surface area (Å²) in [5, 5.41) is -0.288. The van der Waals surface area contributed by atoms with E-state index in [2.05, 4.69) is 0 Å². The molecule has 3 aromatic rings. The van der Waals surface area contributed by atoms with E-state index in [0.29, 0.717) is 5.02 Å². The van der Waals surface area contributed by atoms with Gasteiger partial charge in [0.15, 0.2) is 15.6 Å². The zero-order valence-electron chi connectivity index (χ0n) is 16.2. The van der Waals surface area contributed by atoms with Crippen LogP contribution in [0.1, 0.15) is 26.3 Å². The first-order valence-corrected chi connectivity index (χ1v) is 11.4. The molecule has 1 heterocycles. The molecule has 1 aliphatic heterocycles. The number of carbonyl (C=O) groups is 2. The van der Waals surface area contributed by atoms with Gasteiger partial charge in [0.2, 0.25) is 0 Å². The molecule has 0 aromatic heterocycles. The second-order valence-corrected chi connectivity index (χ2v) is 9.88. The molecule has 1 aliphatic rings. The van der Waals surface area contributed by atoms with Gasteiger partial charge in [-0.25, -0.2) is 12.8 Å².